The normalized spacial score (nSPS) is 11.5. The highest BCUT2D eigenvalue weighted by Gasteiger charge is 2.23. The van der Waals surface area contributed by atoms with Crippen LogP contribution in [0.1, 0.15) is 43.7 Å². The molecule has 0 bridgehead atoms. The molecule has 1 aromatic carbocycles. The first-order valence-electron chi connectivity index (χ1n) is 11.0. The van der Waals surface area contributed by atoms with Crippen LogP contribution < -0.4 is 5.32 Å². The molecule has 7 heteroatoms. The Balaban J connectivity index is 2.21. The van der Waals surface area contributed by atoms with E-state index in [1.165, 1.54) is 0 Å². The Kier molecular flexibility index (Phi) is 9.35. The van der Waals surface area contributed by atoms with Gasteiger partial charge in [-0.15, -0.1) is 0 Å². The average molecular weight is 441 g/mol. The van der Waals surface area contributed by atoms with Crippen LogP contribution in [0.4, 0.5) is 0 Å². The van der Waals surface area contributed by atoms with Crippen LogP contribution in [0.15, 0.2) is 42.6 Å². The Labute approximate surface area is 191 Å². The molecule has 0 spiro atoms. The second kappa shape index (κ2) is 11.7. The maximum absolute atomic E-state index is 12.9. The number of carbonyl (C=O) groups is 2. The molecule has 2 rings (SSSR count). The minimum Gasteiger partial charge on any atom is -0.456 e. The lowest BCUT2D eigenvalue weighted by Gasteiger charge is -2.23. The van der Waals surface area contributed by atoms with Crippen LogP contribution >= 0.6 is 0 Å². The minimum atomic E-state index is -0.602. The number of pyridine rings is 1. The molecule has 0 saturated carbocycles. The number of amides is 1. The summed E-state index contributed by atoms with van der Waals surface area (Å²) >= 11 is 0. The topological polar surface area (TPSA) is 74.8 Å². The number of hydrogen-bond acceptors (Lipinski definition) is 6. The van der Waals surface area contributed by atoms with Gasteiger partial charge in [0.15, 0.2) is 0 Å². The highest BCUT2D eigenvalue weighted by molar-refractivity contribution is 5.98. The lowest BCUT2D eigenvalue weighted by atomic mass is 9.98. The van der Waals surface area contributed by atoms with E-state index in [1.54, 1.807) is 12.3 Å². The number of hydrogen-bond donors (Lipinski definition) is 1. The Morgan fingerprint density at radius 2 is 1.75 bits per heavy atom. The quantitative estimate of drug-likeness (QED) is 0.572. The SMILES string of the molecule is CCN(CCN(C)C)C(=O)CNCc1nccc(C(=O)OC(C)(C)C)c1-c1ccccc1. The Morgan fingerprint density at radius 3 is 2.34 bits per heavy atom. The fraction of sp³-hybridized carbons (Fsp3) is 0.480. The van der Waals surface area contributed by atoms with Gasteiger partial charge in [0.2, 0.25) is 5.91 Å². The van der Waals surface area contributed by atoms with Crippen LogP contribution in [0.5, 0.6) is 0 Å². The lowest BCUT2D eigenvalue weighted by Crippen LogP contribution is -2.41. The highest BCUT2D eigenvalue weighted by atomic mass is 16.6. The summed E-state index contributed by atoms with van der Waals surface area (Å²) in [6.45, 7) is 10.2. The summed E-state index contributed by atoms with van der Waals surface area (Å²) in [6, 6.07) is 11.3. The first-order valence-corrected chi connectivity index (χ1v) is 11.0. The van der Waals surface area contributed by atoms with Gasteiger partial charge in [-0.1, -0.05) is 30.3 Å². The van der Waals surface area contributed by atoms with Crippen molar-refractivity contribution in [3.63, 3.8) is 0 Å². The number of ether oxygens (including phenoxy) is 1. The van der Waals surface area contributed by atoms with Crippen LogP contribution in [0.25, 0.3) is 11.1 Å². The van der Waals surface area contributed by atoms with Crippen LogP contribution in [0.2, 0.25) is 0 Å². The summed E-state index contributed by atoms with van der Waals surface area (Å²) in [4.78, 5) is 33.9. The van der Waals surface area contributed by atoms with Gasteiger partial charge in [0.25, 0.3) is 0 Å². The average Bonchev–Trinajstić information content (AvgIpc) is 2.73. The zero-order valence-electron chi connectivity index (χ0n) is 20.1. The van der Waals surface area contributed by atoms with Gasteiger partial charge in [-0.25, -0.2) is 4.79 Å². The molecule has 7 nitrogen and oxygen atoms in total. The molecule has 0 saturated heterocycles. The van der Waals surface area contributed by atoms with Crippen molar-refractivity contribution in [2.24, 2.45) is 0 Å². The fourth-order valence-electron chi connectivity index (χ4n) is 3.25. The summed E-state index contributed by atoms with van der Waals surface area (Å²) < 4.78 is 5.62. The molecule has 2 aromatic rings. The van der Waals surface area contributed by atoms with E-state index in [0.29, 0.717) is 30.9 Å². The Hall–Kier alpha value is -2.77. The molecule has 32 heavy (non-hydrogen) atoms. The van der Waals surface area contributed by atoms with Crippen molar-refractivity contribution in [3.8, 4) is 11.1 Å². The Morgan fingerprint density at radius 1 is 1.06 bits per heavy atom. The largest absolute Gasteiger partial charge is 0.456 e. The third-order valence-electron chi connectivity index (χ3n) is 4.83. The molecule has 174 valence electrons. The summed E-state index contributed by atoms with van der Waals surface area (Å²) in [6.07, 6.45) is 1.61. The van der Waals surface area contributed by atoms with E-state index >= 15 is 0 Å². The molecule has 1 N–H and O–H groups in total. The smallest absolute Gasteiger partial charge is 0.339 e. The number of benzene rings is 1. The van der Waals surface area contributed by atoms with E-state index in [-0.39, 0.29) is 12.5 Å². The van der Waals surface area contributed by atoms with Crippen LogP contribution in [0.3, 0.4) is 0 Å². The molecule has 0 aliphatic carbocycles. The van der Waals surface area contributed by atoms with E-state index in [4.69, 9.17) is 4.74 Å². The fourth-order valence-corrected chi connectivity index (χ4v) is 3.25. The van der Waals surface area contributed by atoms with Crippen molar-refractivity contribution < 1.29 is 14.3 Å². The highest BCUT2D eigenvalue weighted by Crippen LogP contribution is 2.28. The van der Waals surface area contributed by atoms with Gasteiger partial charge in [-0.2, -0.15) is 0 Å². The van der Waals surface area contributed by atoms with Gasteiger partial charge in [0, 0.05) is 37.9 Å². The van der Waals surface area contributed by atoms with Gasteiger partial charge >= 0.3 is 5.97 Å². The van der Waals surface area contributed by atoms with Gasteiger partial charge < -0.3 is 19.9 Å². The number of aromatic nitrogens is 1. The van der Waals surface area contributed by atoms with Crippen molar-refractivity contribution in [2.45, 2.75) is 39.8 Å². The zero-order valence-corrected chi connectivity index (χ0v) is 20.1. The maximum Gasteiger partial charge on any atom is 0.339 e. The second-order valence-corrected chi connectivity index (χ2v) is 8.93. The van der Waals surface area contributed by atoms with Crippen molar-refractivity contribution in [1.82, 2.24) is 20.1 Å². The standard InChI is InChI=1S/C25H36N4O3/c1-7-29(16-15-28(5)6)22(30)18-26-17-21-23(19-11-9-8-10-12-19)20(13-14-27-21)24(31)32-25(2,3)4/h8-14,26H,7,15-18H2,1-6H3. The number of carbonyl (C=O) groups excluding carboxylic acids is 2. The van der Waals surface area contributed by atoms with E-state index in [1.807, 2.05) is 77.0 Å². The predicted octanol–water partition coefficient (Wildman–Crippen LogP) is 3.20. The molecule has 0 unspecified atom stereocenters. The van der Waals surface area contributed by atoms with Crippen molar-refractivity contribution >= 4 is 11.9 Å². The first-order chi connectivity index (χ1) is 15.1. The van der Waals surface area contributed by atoms with Gasteiger partial charge in [-0.3, -0.25) is 9.78 Å². The van der Waals surface area contributed by atoms with E-state index in [0.717, 1.165) is 17.7 Å². The Bertz CT molecular complexity index is 892. The molecule has 0 radical (unpaired) electrons. The molecular weight excluding hydrogens is 404 g/mol. The number of likely N-dealkylation sites (N-methyl/N-ethyl adjacent to an activating group) is 2. The molecule has 1 amide bonds. The summed E-state index contributed by atoms with van der Waals surface area (Å²) in [5, 5.41) is 3.21. The van der Waals surface area contributed by atoms with Gasteiger partial charge in [0.1, 0.15) is 5.60 Å². The van der Waals surface area contributed by atoms with Crippen LogP contribution in [-0.4, -0.2) is 72.5 Å². The maximum atomic E-state index is 12.9. The van der Waals surface area contributed by atoms with Gasteiger partial charge in [-0.05, 0) is 53.4 Å². The number of nitrogens with one attached hydrogen (secondary N) is 1. The summed E-state index contributed by atoms with van der Waals surface area (Å²) in [7, 11) is 3.98. The monoisotopic (exact) mass is 440 g/mol. The molecule has 0 atom stereocenters. The number of esters is 1. The molecular formula is C25H36N4O3. The van der Waals surface area contributed by atoms with Crippen molar-refractivity contribution in [1.29, 1.82) is 0 Å². The summed E-state index contributed by atoms with van der Waals surface area (Å²) in [5.74, 6) is -0.351. The van der Waals surface area contributed by atoms with Crippen molar-refractivity contribution in [2.75, 3.05) is 40.3 Å². The number of rotatable bonds is 10. The first kappa shape index (κ1) is 25.5. The molecule has 0 aliphatic rings. The molecule has 1 heterocycles. The second-order valence-electron chi connectivity index (χ2n) is 8.93. The third kappa shape index (κ3) is 7.73. The molecule has 1 aromatic heterocycles. The molecule has 0 fully saturated rings. The zero-order chi connectivity index (χ0) is 23.7. The summed E-state index contributed by atoms with van der Waals surface area (Å²) in [5.41, 5.74) is 2.16. The van der Waals surface area contributed by atoms with Gasteiger partial charge in [0.05, 0.1) is 17.8 Å². The minimum absolute atomic E-state index is 0.0407. The lowest BCUT2D eigenvalue weighted by molar-refractivity contribution is -0.130. The number of nitrogens with zero attached hydrogens (tertiary/aromatic N) is 3. The van der Waals surface area contributed by atoms with Crippen molar-refractivity contribution in [3.05, 3.63) is 53.9 Å². The van der Waals surface area contributed by atoms with E-state index < -0.39 is 11.6 Å². The predicted molar refractivity (Wildman–Crippen MR) is 127 cm³/mol. The van der Waals surface area contributed by atoms with E-state index in [9.17, 15) is 9.59 Å². The third-order valence-corrected chi connectivity index (χ3v) is 4.83. The van der Waals surface area contributed by atoms with Crippen LogP contribution in [0, 0.1) is 0 Å². The molecule has 0 aliphatic heterocycles. The van der Waals surface area contributed by atoms with E-state index in [2.05, 4.69) is 15.2 Å². The van der Waals surface area contributed by atoms with Crippen LogP contribution in [-0.2, 0) is 16.1 Å².